The van der Waals surface area contributed by atoms with E-state index in [4.69, 9.17) is 0 Å². The van der Waals surface area contributed by atoms with Gasteiger partial charge in [0.2, 0.25) is 0 Å². The molecule has 0 bridgehead atoms. The molecule has 0 unspecified atom stereocenters. The lowest BCUT2D eigenvalue weighted by Gasteiger charge is -2.20. The Bertz CT molecular complexity index is 605. The first-order valence-electron chi connectivity index (χ1n) is 6.31. The minimum atomic E-state index is -0.553. The molecule has 0 aromatic heterocycles. The van der Waals surface area contributed by atoms with Crippen molar-refractivity contribution >= 4 is 17.4 Å². The van der Waals surface area contributed by atoms with Gasteiger partial charge in [0.1, 0.15) is 0 Å². The van der Waals surface area contributed by atoms with Crippen LogP contribution >= 0.6 is 0 Å². The minimum absolute atomic E-state index is 0.293. The molecule has 0 aliphatic heterocycles. The zero-order valence-corrected chi connectivity index (χ0v) is 11.0. The summed E-state index contributed by atoms with van der Waals surface area (Å²) in [5, 5.41) is 0. The van der Waals surface area contributed by atoms with Gasteiger partial charge in [0.05, 0.1) is 0 Å². The Labute approximate surface area is 118 Å². The molecule has 0 radical (unpaired) electrons. The van der Waals surface area contributed by atoms with Gasteiger partial charge in [-0.1, -0.05) is 54.6 Å². The summed E-state index contributed by atoms with van der Waals surface area (Å²) in [4.78, 5) is 26.0. The van der Waals surface area contributed by atoms with Crippen LogP contribution in [0.25, 0.3) is 0 Å². The lowest BCUT2D eigenvalue weighted by Crippen LogP contribution is -2.36. The van der Waals surface area contributed by atoms with Crippen molar-refractivity contribution < 1.29 is 9.59 Å². The molecule has 0 aliphatic carbocycles. The molecule has 2 aromatic carbocycles. The maximum absolute atomic E-state index is 12.4. The molecule has 0 aliphatic rings. The molecule has 1 amide bonds. The van der Waals surface area contributed by atoms with Gasteiger partial charge in [-0.25, -0.2) is 0 Å². The van der Waals surface area contributed by atoms with Crippen LogP contribution in [0, 0.1) is 0 Å². The van der Waals surface area contributed by atoms with Crippen LogP contribution in [0.1, 0.15) is 10.4 Å². The Morgan fingerprint density at radius 3 is 2.05 bits per heavy atom. The number of hydrogen-bond donors (Lipinski definition) is 0. The molecule has 20 heavy (non-hydrogen) atoms. The molecule has 3 nitrogen and oxygen atoms in total. The first-order chi connectivity index (χ1) is 9.74. The number of benzene rings is 2. The van der Waals surface area contributed by atoms with E-state index in [1.54, 1.807) is 48.5 Å². The summed E-state index contributed by atoms with van der Waals surface area (Å²) in [6, 6.07) is 17.6. The third kappa shape index (κ3) is 3.01. The lowest BCUT2D eigenvalue weighted by molar-refractivity contribution is -0.114. The highest BCUT2D eigenvalue weighted by atomic mass is 16.2. The molecule has 0 atom stereocenters. The van der Waals surface area contributed by atoms with Crippen molar-refractivity contribution in [2.45, 2.75) is 0 Å². The van der Waals surface area contributed by atoms with Crippen LogP contribution in [0.2, 0.25) is 0 Å². The first-order valence-corrected chi connectivity index (χ1v) is 6.31. The Kier molecular flexibility index (Phi) is 4.45. The van der Waals surface area contributed by atoms with E-state index in [9.17, 15) is 9.59 Å². The van der Waals surface area contributed by atoms with Gasteiger partial charge in [-0.3, -0.25) is 9.59 Å². The van der Waals surface area contributed by atoms with Gasteiger partial charge in [-0.05, 0) is 12.1 Å². The van der Waals surface area contributed by atoms with Crippen molar-refractivity contribution in [1.29, 1.82) is 0 Å². The van der Waals surface area contributed by atoms with Crippen molar-refractivity contribution in [3.8, 4) is 0 Å². The fourth-order valence-electron chi connectivity index (χ4n) is 1.88. The summed E-state index contributed by atoms with van der Waals surface area (Å²) in [7, 11) is 0. The predicted octanol–water partition coefficient (Wildman–Crippen LogP) is 3.09. The van der Waals surface area contributed by atoms with Crippen LogP contribution in [0.3, 0.4) is 0 Å². The third-order valence-electron chi connectivity index (χ3n) is 2.85. The van der Waals surface area contributed by atoms with Gasteiger partial charge in [0.15, 0.2) is 0 Å². The fraction of sp³-hybridized carbons (Fsp3) is 0.0588. The van der Waals surface area contributed by atoms with Gasteiger partial charge in [-0.15, -0.1) is 6.58 Å². The normalized spacial score (nSPS) is 9.80. The maximum atomic E-state index is 12.4. The minimum Gasteiger partial charge on any atom is -0.302 e. The monoisotopic (exact) mass is 265 g/mol. The molecule has 0 spiro atoms. The van der Waals surface area contributed by atoms with Crippen LogP contribution in [-0.2, 0) is 4.79 Å². The van der Waals surface area contributed by atoms with Gasteiger partial charge in [0.25, 0.3) is 11.7 Å². The summed E-state index contributed by atoms with van der Waals surface area (Å²) in [5.41, 5.74) is 1.07. The Morgan fingerprint density at radius 1 is 0.950 bits per heavy atom. The number of hydrogen-bond acceptors (Lipinski definition) is 2. The molecule has 0 saturated carbocycles. The van der Waals surface area contributed by atoms with Crippen LogP contribution in [0.4, 0.5) is 5.69 Å². The van der Waals surface area contributed by atoms with Gasteiger partial charge in [0, 0.05) is 17.8 Å². The zero-order valence-electron chi connectivity index (χ0n) is 11.0. The highest BCUT2D eigenvalue weighted by molar-refractivity contribution is 6.47. The largest absolute Gasteiger partial charge is 0.302 e. The molecule has 2 rings (SSSR count). The number of carbonyl (C=O) groups is 2. The van der Waals surface area contributed by atoms with Crippen molar-refractivity contribution in [3.05, 3.63) is 78.9 Å². The highest BCUT2D eigenvalue weighted by Crippen LogP contribution is 2.15. The van der Waals surface area contributed by atoms with Crippen molar-refractivity contribution in [3.63, 3.8) is 0 Å². The second kappa shape index (κ2) is 6.48. The molecule has 2 aromatic rings. The fourth-order valence-corrected chi connectivity index (χ4v) is 1.88. The summed E-state index contributed by atoms with van der Waals surface area (Å²) < 4.78 is 0. The van der Waals surface area contributed by atoms with Gasteiger partial charge >= 0.3 is 0 Å². The van der Waals surface area contributed by atoms with E-state index in [0.717, 1.165) is 0 Å². The number of anilines is 1. The second-order valence-electron chi connectivity index (χ2n) is 4.24. The number of Topliss-reactive ketones (excluding diaryl/α,β-unsaturated/α-hetero) is 1. The van der Waals surface area contributed by atoms with E-state index in [1.165, 1.54) is 4.90 Å². The van der Waals surface area contributed by atoms with Crippen molar-refractivity contribution in [1.82, 2.24) is 0 Å². The second-order valence-corrected chi connectivity index (χ2v) is 4.24. The van der Waals surface area contributed by atoms with Crippen LogP contribution < -0.4 is 4.90 Å². The molecule has 0 N–H and O–H groups in total. The molecular formula is C17H15NO2. The van der Waals surface area contributed by atoms with Crippen LogP contribution in [0.5, 0.6) is 0 Å². The van der Waals surface area contributed by atoms with Crippen molar-refractivity contribution in [2.24, 2.45) is 0 Å². The number of para-hydroxylation sites is 1. The quantitative estimate of drug-likeness (QED) is 0.473. The highest BCUT2D eigenvalue weighted by Gasteiger charge is 2.23. The Balaban J connectivity index is 2.28. The van der Waals surface area contributed by atoms with Gasteiger partial charge < -0.3 is 4.90 Å². The molecule has 0 heterocycles. The molecule has 100 valence electrons. The number of ketones is 1. The topological polar surface area (TPSA) is 37.4 Å². The number of amides is 1. The van der Waals surface area contributed by atoms with E-state index in [1.807, 2.05) is 18.2 Å². The van der Waals surface area contributed by atoms with Crippen molar-refractivity contribution in [2.75, 3.05) is 11.4 Å². The smallest absolute Gasteiger partial charge is 0.299 e. The standard InChI is InChI=1S/C17H15NO2/c1-2-13-18(15-11-7-4-8-12-15)17(20)16(19)14-9-5-3-6-10-14/h2-12H,1,13H2. The van der Waals surface area contributed by atoms with E-state index >= 15 is 0 Å². The number of nitrogens with zero attached hydrogens (tertiary/aromatic N) is 1. The summed E-state index contributed by atoms with van der Waals surface area (Å²) in [6.07, 6.45) is 1.60. The summed E-state index contributed by atoms with van der Waals surface area (Å²) in [6.45, 7) is 3.93. The maximum Gasteiger partial charge on any atom is 0.299 e. The summed E-state index contributed by atoms with van der Waals surface area (Å²) in [5.74, 6) is -1.07. The molecule has 0 fully saturated rings. The Hall–Kier alpha value is -2.68. The summed E-state index contributed by atoms with van der Waals surface area (Å²) >= 11 is 0. The third-order valence-corrected chi connectivity index (χ3v) is 2.85. The average Bonchev–Trinajstić information content (AvgIpc) is 2.53. The number of carbonyl (C=O) groups excluding carboxylic acids is 2. The first kappa shape index (κ1) is 13.7. The van der Waals surface area contributed by atoms with E-state index in [-0.39, 0.29) is 0 Å². The Morgan fingerprint density at radius 2 is 1.50 bits per heavy atom. The van der Waals surface area contributed by atoms with E-state index in [0.29, 0.717) is 17.8 Å². The van der Waals surface area contributed by atoms with Gasteiger partial charge in [-0.2, -0.15) is 0 Å². The van der Waals surface area contributed by atoms with Crippen LogP contribution in [0.15, 0.2) is 73.3 Å². The molecule has 0 saturated heterocycles. The average molecular weight is 265 g/mol. The molecule has 3 heteroatoms. The van der Waals surface area contributed by atoms with E-state index in [2.05, 4.69) is 6.58 Å². The predicted molar refractivity (Wildman–Crippen MR) is 79.8 cm³/mol. The SMILES string of the molecule is C=CCN(C(=O)C(=O)c1ccccc1)c1ccccc1. The lowest BCUT2D eigenvalue weighted by atomic mass is 10.1. The molecular weight excluding hydrogens is 250 g/mol. The van der Waals surface area contributed by atoms with Crippen LogP contribution in [-0.4, -0.2) is 18.2 Å². The van der Waals surface area contributed by atoms with E-state index < -0.39 is 11.7 Å². The number of rotatable bonds is 5. The zero-order chi connectivity index (χ0) is 14.4.